The fourth-order valence-electron chi connectivity index (χ4n) is 1.50. The first-order valence-corrected chi connectivity index (χ1v) is 5.29. The van der Waals surface area contributed by atoms with Crippen LogP contribution in [-0.4, -0.2) is 25.4 Å². The quantitative estimate of drug-likeness (QED) is 0.850. The third-order valence-electron chi connectivity index (χ3n) is 2.59. The second-order valence-electron chi connectivity index (χ2n) is 3.65. The Hall–Kier alpha value is -0.970. The molecule has 0 saturated heterocycles. The topological polar surface area (TPSA) is 64.7 Å². The molecular formula is C12H20ClNO3. The van der Waals surface area contributed by atoms with Crippen LogP contribution >= 0.6 is 12.4 Å². The Labute approximate surface area is 108 Å². The molecule has 1 rings (SSSR count). The van der Waals surface area contributed by atoms with Crippen LogP contribution in [0.25, 0.3) is 0 Å². The highest BCUT2D eigenvalue weighted by Gasteiger charge is 2.16. The van der Waals surface area contributed by atoms with E-state index in [1.807, 2.05) is 19.1 Å². The van der Waals surface area contributed by atoms with E-state index < -0.39 is 12.1 Å². The van der Waals surface area contributed by atoms with Crippen LogP contribution in [0.2, 0.25) is 0 Å². The van der Waals surface area contributed by atoms with Gasteiger partial charge in [-0.2, -0.15) is 0 Å². The first-order chi connectivity index (χ1) is 7.62. The lowest BCUT2D eigenvalue weighted by atomic mass is 10.00. The number of aliphatic hydroxyl groups excluding tert-OH is 1. The molecule has 0 aliphatic rings. The summed E-state index contributed by atoms with van der Waals surface area (Å²) in [6.45, 7) is 1.89. The molecule has 1 aromatic rings. The molecular weight excluding hydrogens is 242 g/mol. The van der Waals surface area contributed by atoms with Crippen LogP contribution < -0.4 is 15.2 Å². The van der Waals surface area contributed by atoms with Gasteiger partial charge in [0.05, 0.1) is 26.4 Å². The first-order valence-electron chi connectivity index (χ1n) is 5.29. The summed E-state index contributed by atoms with van der Waals surface area (Å²) in [5, 5.41) is 9.70. The van der Waals surface area contributed by atoms with E-state index in [2.05, 4.69) is 0 Å². The van der Waals surface area contributed by atoms with E-state index in [0.717, 1.165) is 5.56 Å². The maximum Gasteiger partial charge on any atom is 0.122 e. The van der Waals surface area contributed by atoms with Gasteiger partial charge in [0, 0.05) is 6.07 Å². The average molecular weight is 262 g/mol. The molecule has 0 heterocycles. The van der Waals surface area contributed by atoms with Crippen molar-refractivity contribution in [1.82, 2.24) is 0 Å². The number of halogens is 1. The molecule has 5 heteroatoms. The van der Waals surface area contributed by atoms with Crippen molar-refractivity contribution in [3.63, 3.8) is 0 Å². The molecule has 17 heavy (non-hydrogen) atoms. The van der Waals surface area contributed by atoms with Gasteiger partial charge in [-0.15, -0.1) is 12.4 Å². The number of rotatable bonds is 5. The van der Waals surface area contributed by atoms with E-state index >= 15 is 0 Å². The Bertz CT molecular complexity index is 324. The summed E-state index contributed by atoms with van der Waals surface area (Å²) in [7, 11) is 3.17. The van der Waals surface area contributed by atoms with Crippen LogP contribution in [0.15, 0.2) is 18.2 Å². The van der Waals surface area contributed by atoms with Gasteiger partial charge in [0.15, 0.2) is 0 Å². The summed E-state index contributed by atoms with van der Waals surface area (Å²) >= 11 is 0. The summed E-state index contributed by atoms with van der Waals surface area (Å²) in [5.41, 5.74) is 6.75. The molecule has 98 valence electrons. The second-order valence-corrected chi connectivity index (χ2v) is 3.65. The molecule has 0 bridgehead atoms. The molecule has 0 aliphatic heterocycles. The van der Waals surface area contributed by atoms with Gasteiger partial charge < -0.3 is 20.3 Å². The average Bonchev–Trinajstić information content (AvgIpc) is 2.35. The lowest BCUT2D eigenvalue weighted by molar-refractivity contribution is 0.140. The first kappa shape index (κ1) is 16.0. The fraction of sp³-hybridized carbons (Fsp3) is 0.500. The van der Waals surface area contributed by atoms with Crippen molar-refractivity contribution in [3.05, 3.63) is 23.8 Å². The smallest absolute Gasteiger partial charge is 0.122 e. The molecule has 0 aliphatic carbocycles. The Balaban J connectivity index is 0.00000256. The van der Waals surface area contributed by atoms with Crippen LogP contribution in [0.4, 0.5) is 0 Å². The van der Waals surface area contributed by atoms with Crippen LogP contribution in [0.1, 0.15) is 24.9 Å². The minimum Gasteiger partial charge on any atom is -0.497 e. The highest BCUT2D eigenvalue weighted by molar-refractivity contribution is 5.85. The highest BCUT2D eigenvalue weighted by atomic mass is 35.5. The Morgan fingerprint density at radius 3 is 2.00 bits per heavy atom. The van der Waals surface area contributed by atoms with E-state index in [-0.39, 0.29) is 12.4 Å². The van der Waals surface area contributed by atoms with Crippen molar-refractivity contribution in [3.8, 4) is 11.5 Å². The molecule has 0 saturated carbocycles. The minimum atomic E-state index is -0.559. The van der Waals surface area contributed by atoms with Gasteiger partial charge >= 0.3 is 0 Å². The predicted molar refractivity (Wildman–Crippen MR) is 70.0 cm³/mol. The standard InChI is InChI=1S/C12H19NO3.ClH/c1-4-11(14)12(13)8-5-9(15-2)7-10(6-8)16-3;/h5-7,11-12,14H,4,13H2,1-3H3;1H/t11-,12+;/m1./s1. The Kier molecular flexibility index (Phi) is 6.95. The lowest BCUT2D eigenvalue weighted by Crippen LogP contribution is -2.25. The van der Waals surface area contributed by atoms with Crippen molar-refractivity contribution in [1.29, 1.82) is 0 Å². The monoisotopic (exact) mass is 261 g/mol. The predicted octanol–water partition coefficient (Wildman–Crippen LogP) is 1.90. The van der Waals surface area contributed by atoms with Gasteiger partial charge in [0.25, 0.3) is 0 Å². The van der Waals surface area contributed by atoms with Gasteiger partial charge in [0.2, 0.25) is 0 Å². The molecule has 1 aromatic carbocycles. The van der Waals surface area contributed by atoms with Gasteiger partial charge in [-0.1, -0.05) is 6.92 Å². The Morgan fingerprint density at radius 1 is 1.18 bits per heavy atom. The molecule has 3 N–H and O–H groups in total. The minimum absolute atomic E-state index is 0. The second kappa shape index (κ2) is 7.37. The van der Waals surface area contributed by atoms with E-state index in [1.54, 1.807) is 20.3 Å². The van der Waals surface area contributed by atoms with Crippen LogP contribution in [0, 0.1) is 0 Å². The van der Waals surface area contributed by atoms with Crippen LogP contribution in [0.5, 0.6) is 11.5 Å². The van der Waals surface area contributed by atoms with E-state index in [4.69, 9.17) is 15.2 Å². The summed E-state index contributed by atoms with van der Waals surface area (Å²) in [6.07, 6.45) is 0.0533. The van der Waals surface area contributed by atoms with Crippen molar-refractivity contribution in [2.24, 2.45) is 5.73 Å². The van der Waals surface area contributed by atoms with Gasteiger partial charge in [-0.05, 0) is 24.1 Å². The molecule has 2 atom stereocenters. The molecule has 4 nitrogen and oxygen atoms in total. The zero-order valence-corrected chi connectivity index (χ0v) is 11.2. The SMILES string of the molecule is CC[C@@H](O)[C@@H](N)c1cc(OC)cc(OC)c1.Cl. The summed E-state index contributed by atoms with van der Waals surface area (Å²) in [6, 6.07) is 4.97. The van der Waals surface area contributed by atoms with E-state index in [1.165, 1.54) is 0 Å². The molecule has 0 spiro atoms. The number of hydrogen-bond acceptors (Lipinski definition) is 4. The fourth-order valence-corrected chi connectivity index (χ4v) is 1.50. The lowest BCUT2D eigenvalue weighted by Gasteiger charge is -2.19. The third kappa shape index (κ3) is 4.07. The largest absolute Gasteiger partial charge is 0.497 e. The van der Waals surface area contributed by atoms with Crippen molar-refractivity contribution >= 4 is 12.4 Å². The number of nitrogens with two attached hydrogens (primary N) is 1. The number of benzene rings is 1. The maximum absolute atomic E-state index is 9.70. The normalized spacial score (nSPS) is 13.5. The number of hydrogen-bond donors (Lipinski definition) is 2. The zero-order chi connectivity index (χ0) is 12.1. The van der Waals surface area contributed by atoms with Crippen molar-refractivity contribution in [2.75, 3.05) is 14.2 Å². The molecule has 0 amide bonds. The van der Waals surface area contributed by atoms with Gasteiger partial charge in [0.1, 0.15) is 11.5 Å². The van der Waals surface area contributed by atoms with Gasteiger partial charge in [-0.25, -0.2) is 0 Å². The summed E-state index contributed by atoms with van der Waals surface area (Å²) < 4.78 is 10.3. The van der Waals surface area contributed by atoms with Crippen LogP contribution in [0.3, 0.4) is 0 Å². The molecule has 0 radical (unpaired) electrons. The molecule has 0 fully saturated rings. The summed E-state index contributed by atoms with van der Waals surface area (Å²) in [5.74, 6) is 1.35. The van der Waals surface area contributed by atoms with E-state index in [0.29, 0.717) is 17.9 Å². The molecule has 0 unspecified atom stereocenters. The van der Waals surface area contributed by atoms with E-state index in [9.17, 15) is 5.11 Å². The zero-order valence-electron chi connectivity index (χ0n) is 10.3. The van der Waals surface area contributed by atoms with Crippen molar-refractivity contribution < 1.29 is 14.6 Å². The molecule has 0 aromatic heterocycles. The van der Waals surface area contributed by atoms with Gasteiger partial charge in [-0.3, -0.25) is 0 Å². The van der Waals surface area contributed by atoms with Crippen molar-refractivity contribution in [2.45, 2.75) is 25.5 Å². The highest BCUT2D eigenvalue weighted by Crippen LogP contribution is 2.27. The number of aliphatic hydroxyl groups is 1. The summed E-state index contributed by atoms with van der Waals surface area (Å²) in [4.78, 5) is 0. The number of methoxy groups -OCH3 is 2. The Morgan fingerprint density at radius 2 is 1.65 bits per heavy atom. The third-order valence-corrected chi connectivity index (χ3v) is 2.59. The van der Waals surface area contributed by atoms with Crippen LogP contribution in [-0.2, 0) is 0 Å². The number of ether oxygens (including phenoxy) is 2. The maximum atomic E-state index is 9.70.